The third-order valence-corrected chi connectivity index (χ3v) is 3.42. The van der Waals surface area contributed by atoms with Crippen molar-refractivity contribution in [1.29, 1.82) is 0 Å². The van der Waals surface area contributed by atoms with Gasteiger partial charge in [0.15, 0.2) is 0 Å². The fraction of sp³-hybridized carbons (Fsp3) is 0.900. The Kier molecular flexibility index (Phi) is 2.91. The van der Waals surface area contributed by atoms with E-state index >= 15 is 0 Å². The Balaban J connectivity index is 1.92. The van der Waals surface area contributed by atoms with Gasteiger partial charge in [0, 0.05) is 13.1 Å². The van der Waals surface area contributed by atoms with Gasteiger partial charge in [-0.2, -0.15) is 0 Å². The van der Waals surface area contributed by atoms with Gasteiger partial charge in [0.2, 0.25) is 0 Å². The van der Waals surface area contributed by atoms with Gasteiger partial charge in [0.05, 0.1) is 7.11 Å². The summed E-state index contributed by atoms with van der Waals surface area (Å²) in [6.45, 7) is 3.96. The molecular weight excluding hydrogens is 180 g/mol. The van der Waals surface area contributed by atoms with Crippen LogP contribution in [0, 0.1) is 11.8 Å². The molecule has 2 atom stereocenters. The molecule has 0 radical (unpaired) electrons. The molecule has 1 N–H and O–H groups in total. The number of carbonyl (C=O) groups is 1. The smallest absolute Gasteiger partial charge is 0.409 e. The second kappa shape index (κ2) is 4.17. The van der Waals surface area contributed by atoms with Crippen LogP contribution in [-0.4, -0.2) is 44.3 Å². The summed E-state index contributed by atoms with van der Waals surface area (Å²) in [5.74, 6) is 1.45. The van der Waals surface area contributed by atoms with Crippen LogP contribution in [0.3, 0.4) is 0 Å². The van der Waals surface area contributed by atoms with Gasteiger partial charge in [0.1, 0.15) is 0 Å². The number of piperidine rings is 2. The number of methoxy groups -OCH3 is 1. The molecule has 2 heterocycles. The summed E-state index contributed by atoms with van der Waals surface area (Å²) in [5.41, 5.74) is 0. The van der Waals surface area contributed by atoms with Crippen LogP contribution in [-0.2, 0) is 4.74 Å². The van der Waals surface area contributed by atoms with Crippen molar-refractivity contribution < 1.29 is 9.53 Å². The lowest BCUT2D eigenvalue weighted by Gasteiger charge is -2.40. The SMILES string of the molecule is COC(=O)N1CCC2CNCCC2C1. The molecule has 4 heteroatoms. The third kappa shape index (κ3) is 1.85. The Bertz CT molecular complexity index is 220. The van der Waals surface area contributed by atoms with E-state index in [9.17, 15) is 4.79 Å². The molecule has 0 spiro atoms. The monoisotopic (exact) mass is 198 g/mol. The van der Waals surface area contributed by atoms with E-state index in [0.29, 0.717) is 5.92 Å². The molecule has 2 fully saturated rings. The van der Waals surface area contributed by atoms with Gasteiger partial charge in [-0.25, -0.2) is 4.79 Å². The van der Waals surface area contributed by atoms with E-state index in [-0.39, 0.29) is 6.09 Å². The number of carbonyl (C=O) groups excluding carboxylic acids is 1. The standard InChI is InChI=1S/C10H18N2O2/c1-14-10(13)12-5-3-8-6-11-4-2-9(8)7-12/h8-9,11H,2-7H2,1H3. The molecule has 0 bridgehead atoms. The summed E-state index contributed by atoms with van der Waals surface area (Å²) in [4.78, 5) is 13.2. The first-order valence-electron chi connectivity index (χ1n) is 5.35. The van der Waals surface area contributed by atoms with Crippen molar-refractivity contribution in [2.24, 2.45) is 11.8 Å². The van der Waals surface area contributed by atoms with Crippen molar-refractivity contribution in [1.82, 2.24) is 10.2 Å². The molecular formula is C10H18N2O2. The Hall–Kier alpha value is -0.770. The van der Waals surface area contributed by atoms with Gasteiger partial charge in [-0.1, -0.05) is 0 Å². The number of rotatable bonds is 0. The molecule has 0 aromatic carbocycles. The predicted molar refractivity (Wildman–Crippen MR) is 53.1 cm³/mol. The van der Waals surface area contributed by atoms with Crippen LogP contribution < -0.4 is 5.32 Å². The number of hydrogen-bond donors (Lipinski definition) is 1. The topological polar surface area (TPSA) is 41.6 Å². The lowest BCUT2D eigenvalue weighted by molar-refractivity contribution is 0.0719. The first-order chi connectivity index (χ1) is 6.81. The van der Waals surface area contributed by atoms with Crippen LogP contribution in [0.2, 0.25) is 0 Å². The maximum absolute atomic E-state index is 11.3. The predicted octanol–water partition coefficient (Wildman–Crippen LogP) is 0.684. The number of likely N-dealkylation sites (tertiary alicyclic amines) is 1. The highest BCUT2D eigenvalue weighted by Gasteiger charge is 2.33. The maximum Gasteiger partial charge on any atom is 0.409 e. The molecule has 1 amide bonds. The number of ether oxygens (including phenoxy) is 1. The fourth-order valence-electron chi connectivity index (χ4n) is 2.55. The van der Waals surface area contributed by atoms with Crippen LogP contribution >= 0.6 is 0 Å². The van der Waals surface area contributed by atoms with Crippen LogP contribution in [0.5, 0.6) is 0 Å². The van der Waals surface area contributed by atoms with E-state index in [4.69, 9.17) is 4.74 Å². The number of fused-ring (bicyclic) bond motifs is 1. The quantitative estimate of drug-likeness (QED) is 0.622. The minimum atomic E-state index is -0.165. The van der Waals surface area contributed by atoms with Crippen LogP contribution in [0.4, 0.5) is 4.79 Å². The lowest BCUT2D eigenvalue weighted by Crippen LogP contribution is -2.49. The number of hydrogen-bond acceptors (Lipinski definition) is 3. The van der Waals surface area contributed by atoms with Crippen molar-refractivity contribution in [3.63, 3.8) is 0 Å². The Morgan fingerprint density at radius 1 is 1.43 bits per heavy atom. The molecule has 2 saturated heterocycles. The average molecular weight is 198 g/mol. The Morgan fingerprint density at radius 3 is 3.07 bits per heavy atom. The maximum atomic E-state index is 11.3. The van der Waals surface area contributed by atoms with E-state index in [2.05, 4.69) is 5.32 Å². The van der Waals surface area contributed by atoms with Crippen molar-refractivity contribution >= 4 is 6.09 Å². The van der Waals surface area contributed by atoms with Crippen LogP contribution in [0.25, 0.3) is 0 Å². The van der Waals surface area contributed by atoms with Crippen molar-refractivity contribution in [2.45, 2.75) is 12.8 Å². The van der Waals surface area contributed by atoms with Crippen molar-refractivity contribution in [3.8, 4) is 0 Å². The van der Waals surface area contributed by atoms with Gasteiger partial charge < -0.3 is 15.0 Å². The third-order valence-electron chi connectivity index (χ3n) is 3.42. The Labute approximate surface area is 84.6 Å². The molecule has 4 nitrogen and oxygen atoms in total. The molecule has 2 aliphatic rings. The largest absolute Gasteiger partial charge is 0.453 e. The zero-order chi connectivity index (χ0) is 9.97. The molecule has 14 heavy (non-hydrogen) atoms. The van der Waals surface area contributed by atoms with Crippen LogP contribution in [0.15, 0.2) is 0 Å². The number of nitrogens with zero attached hydrogens (tertiary/aromatic N) is 1. The Morgan fingerprint density at radius 2 is 2.29 bits per heavy atom. The molecule has 0 aliphatic carbocycles. The second-order valence-corrected chi connectivity index (χ2v) is 4.22. The van der Waals surface area contributed by atoms with Gasteiger partial charge >= 0.3 is 6.09 Å². The van der Waals surface area contributed by atoms with Crippen molar-refractivity contribution in [3.05, 3.63) is 0 Å². The molecule has 2 aliphatic heterocycles. The van der Waals surface area contributed by atoms with E-state index in [1.165, 1.54) is 13.5 Å². The highest BCUT2D eigenvalue weighted by atomic mass is 16.5. The summed E-state index contributed by atoms with van der Waals surface area (Å²) in [6.07, 6.45) is 2.15. The second-order valence-electron chi connectivity index (χ2n) is 4.22. The van der Waals surface area contributed by atoms with E-state index < -0.39 is 0 Å². The van der Waals surface area contributed by atoms with Gasteiger partial charge in [0.25, 0.3) is 0 Å². The molecule has 2 rings (SSSR count). The molecule has 2 unspecified atom stereocenters. The number of nitrogens with one attached hydrogen (secondary N) is 1. The van der Waals surface area contributed by atoms with Crippen molar-refractivity contribution in [2.75, 3.05) is 33.3 Å². The molecule has 0 saturated carbocycles. The zero-order valence-electron chi connectivity index (χ0n) is 8.66. The first-order valence-corrected chi connectivity index (χ1v) is 5.35. The molecule has 0 aromatic rings. The first kappa shape index (κ1) is 9.77. The summed E-state index contributed by atoms with van der Waals surface area (Å²) in [6, 6.07) is 0. The van der Waals surface area contributed by atoms with E-state index in [1.807, 2.05) is 4.90 Å². The molecule has 80 valence electrons. The lowest BCUT2D eigenvalue weighted by atomic mass is 9.81. The summed E-state index contributed by atoms with van der Waals surface area (Å²) >= 11 is 0. The van der Waals surface area contributed by atoms with Gasteiger partial charge in [-0.3, -0.25) is 0 Å². The summed E-state index contributed by atoms with van der Waals surface area (Å²) in [7, 11) is 1.46. The highest BCUT2D eigenvalue weighted by molar-refractivity contribution is 5.67. The van der Waals surface area contributed by atoms with Gasteiger partial charge in [-0.15, -0.1) is 0 Å². The highest BCUT2D eigenvalue weighted by Crippen LogP contribution is 2.28. The average Bonchev–Trinajstić information content (AvgIpc) is 2.27. The van der Waals surface area contributed by atoms with Gasteiger partial charge in [-0.05, 0) is 37.8 Å². The normalized spacial score (nSPS) is 32.2. The summed E-state index contributed by atoms with van der Waals surface area (Å²) in [5, 5.41) is 3.41. The number of amides is 1. The minimum absolute atomic E-state index is 0.165. The minimum Gasteiger partial charge on any atom is -0.453 e. The van der Waals surface area contributed by atoms with Crippen LogP contribution in [0.1, 0.15) is 12.8 Å². The van der Waals surface area contributed by atoms with E-state index in [0.717, 1.165) is 38.5 Å². The summed E-state index contributed by atoms with van der Waals surface area (Å²) < 4.78 is 4.74. The molecule has 0 aromatic heterocycles. The zero-order valence-corrected chi connectivity index (χ0v) is 8.66. The fourth-order valence-corrected chi connectivity index (χ4v) is 2.55. The van der Waals surface area contributed by atoms with E-state index in [1.54, 1.807) is 0 Å².